The minimum absolute atomic E-state index is 0.831. The number of thiazole rings is 1. The number of thioether (sulfide) groups is 1. The molecule has 2 aromatic heterocycles. The monoisotopic (exact) mass is 343 g/mol. The first-order valence-electron chi connectivity index (χ1n) is 7.30. The molecule has 0 aliphatic heterocycles. The minimum Gasteiger partial charge on any atom is -0.497 e. The smallest absolute Gasteiger partial charge is 0.124 e. The fourth-order valence-electron chi connectivity index (χ4n) is 2.18. The molecule has 0 spiro atoms. The number of aryl methyl sites for hydroxylation is 1. The van der Waals surface area contributed by atoms with Gasteiger partial charge in [0.15, 0.2) is 0 Å². The maximum absolute atomic E-state index is 5.29. The zero-order valence-corrected chi connectivity index (χ0v) is 14.9. The molecule has 118 valence electrons. The summed E-state index contributed by atoms with van der Waals surface area (Å²) in [4.78, 5) is 5.74. The first-order chi connectivity index (χ1) is 11.2. The summed E-state index contributed by atoms with van der Waals surface area (Å²) >= 11 is 3.32. The van der Waals surface area contributed by atoms with Gasteiger partial charge in [0.2, 0.25) is 0 Å². The molecule has 0 atom stereocenters. The van der Waals surface area contributed by atoms with Crippen LogP contribution in [0.5, 0.6) is 5.75 Å². The van der Waals surface area contributed by atoms with Crippen molar-refractivity contribution in [2.45, 2.75) is 18.9 Å². The normalized spacial score (nSPS) is 10.7. The van der Waals surface area contributed by atoms with Crippen molar-refractivity contribution in [3.05, 3.63) is 42.1 Å². The van der Waals surface area contributed by atoms with E-state index in [-0.39, 0.29) is 0 Å². The summed E-state index contributed by atoms with van der Waals surface area (Å²) in [5.74, 6) is 1.82. The van der Waals surface area contributed by atoms with Crippen molar-refractivity contribution >= 4 is 23.1 Å². The molecule has 1 aromatic carbocycles. The number of methoxy groups -OCH3 is 1. The van der Waals surface area contributed by atoms with Crippen molar-refractivity contribution < 1.29 is 4.74 Å². The molecule has 0 amide bonds. The molecule has 0 N–H and O–H groups in total. The van der Waals surface area contributed by atoms with Gasteiger partial charge < -0.3 is 4.74 Å². The largest absolute Gasteiger partial charge is 0.497 e. The van der Waals surface area contributed by atoms with Gasteiger partial charge >= 0.3 is 0 Å². The predicted molar refractivity (Wildman–Crippen MR) is 96.3 cm³/mol. The molecule has 0 aliphatic carbocycles. The Balaban J connectivity index is 1.94. The zero-order chi connectivity index (χ0) is 16.2. The molecule has 3 rings (SSSR count). The summed E-state index contributed by atoms with van der Waals surface area (Å²) in [7, 11) is 1.67. The highest BCUT2D eigenvalue weighted by atomic mass is 32.2. The SMILES string of the molecule is CCSc1ccc(-c2sc(-c3cccc(OC)c3)nc2C)nn1. The molecule has 0 aliphatic rings. The second-order valence-electron chi connectivity index (χ2n) is 4.86. The zero-order valence-electron chi connectivity index (χ0n) is 13.2. The second-order valence-corrected chi connectivity index (χ2v) is 7.14. The van der Waals surface area contributed by atoms with Crippen LogP contribution in [-0.4, -0.2) is 28.0 Å². The Morgan fingerprint density at radius 1 is 1.17 bits per heavy atom. The van der Waals surface area contributed by atoms with E-state index >= 15 is 0 Å². The summed E-state index contributed by atoms with van der Waals surface area (Å²) < 4.78 is 5.29. The molecule has 0 bridgehead atoms. The van der Waals surface area contributed by atoms with Crippen LogP contribution in [0.3, 0.4) is 0 Å². The van der Waals surface area contributed by atoms with Crippen LogP contribution in [0, 0.1) is 6.92 Å². The van der Waals surface area contributed by atoms with Crippen LogP contribution < -0.4 is 4.74 Å². The second kappa shape index (κ2) is 7.10. The molecule has 0 fully saturated rings. The van der Waals surface area contributed by atoms with Crippen LogP contribution >= 0.6 is 23.1 Å². The molecule has 0 saturated carbocycles. The van der Waals surface area contributed by atoms with Gasteiger partial charge in [-0.25, -0.2) is 4.98 Å². The molecular formula is C17H17N3OS2. The average Bonchev–Trinajstić information content (AvgIpc) is 2.98. The lowest BCUT2D eigenvalue weighted by molar-refractivity contribution is 0.415. The number of hydrogen-bond donors (Lipinski definition) is 0. The quantitative estimate of drug-likeness (QED) is 0.629. The van der Waals surface area contributed by atoms with E-state index in [1.165, 1.54) is 0 Å². The summed E-state index contributed by atoms with van der Waals surface area (Å²) in [6.07, 6.45) is 0. The fourth-order valence-corrected chi connectivity index (χ4v) is 3.77. The standard InChI is InChI=1S/C17H17N3OS2/c1-4-22-15-9-8-14(19-20-15)16-11(2)18-17(23-16)12-6-5-7-13(10-12)21-3/h5-10H,4H2,1-3H3. The molecular weight excluding hydrogens is 326 g/mol. The Bertz CT molecular complexity index is 800. The van der Waals surface area contributed by atoms with Crippen LogP contribution in [-0.2, 0) is 0 Å². The number of benzene rings is 1. The van der Waals surface area contributed by atoms with Crippen molar-refractivity contribution in [3.63, 3.8) is 0 Å². The highest BCUT2D eigenvalue weighted by Crippen LogP contribution is 2.35. The Labute approximate surface area is 144 Å². The Morgan fingerprint density at radius 3 is 2.74 bits per heavy atom. The number of nitrogens with zero attached hydrogens (tertiary/aromatic N) is 3. The van der Waals surface area contributed by atoms with Gasteiger partial charge in [-0.3, -0.25) is 0 Å². The van der Waals surface area contributed by atoms with Gasteiger partial charge in [0.1, 0.15) is 21.5 Å². The third-order valence-electron chi connectivity index (χ3n) is 3.28. The van der Waals surface area contributed by atoms with Crippen molar-refractivity contribution in [3.8, 4) is 26.9 Å². The molecule has 2 heterocycles. The molecule has 4 nitrogen and oxygen atoms in total. The molecule has 6 heteroatoms. The van der Waals surface area contributed by atoms with E-state index in [1.807, 2.05) is 43.3 Å². The van der Waals surface area contributed by atoms with Gasteiger partial charge in [-0.1, -0.05) is 19.1 Å². The molecule has 23 heavy (non-hydrogen) atoms. The maximum atomic E-state index is 5.29. The highest BCUT2D eigenvalue weighted by molar-refractivity contribution is 7.99. The Hall–Kier alpha value is -1.92. The number of ether oxygens (including phenoxy) is 1. The summed E-state index contributed by atoms with van der Waals surface area (Å²) in [6.45, 7) is 4.11. The number of hydrogen-bond acceptors (Lipinski definition) is 6. The third kappa shape index (κ3) is 3.54. The molecule has 3 aromatic rings. The third-order valence-corrected chi connectivity index (χ3v) is 5.31. The van der Waals surface area contributed by atoms with Crippen LogP contribution in [0.25, 0.3) is 21.1 Å². The predicted octanol–water partition coefficient (Wildman–Crippen LogP) is 4.70. The van der Waals surface area contributed by atoms with Crippen molar-refractivity contribution in [1.82, 2.24) is 15.2 Å². The Morgan fingerprint density at radius 2 is 2.04 bits per heavy atom. The van der Waals surface area contributed by atoms with E-state index in [0.29, 0.717) is 0 Å². The molecule has 0 radical (unpaired) electrons. The minimum atomic E-state index is 0.831. The van der Waals surface area contributed by atoms with Crippen molar-refractivity contribution in [2.75, 3.05) is 12.9 Å². The van der Waals surface area contributed by atoms with E-state index in [0.717, 1.165) is 43.4 Å². The van der Waals surface area contributed by atoms with Crippen molar-refractivity contribution in [2.24, 2.45) is 0 Å². The van der Waals surface area contributed by atoms with Gasteiger partial charge in [-0.05, 0) is 36.9 Å². The van der Waals surface area contributed by atoms with Gasteiger partial charge in [0.05, 0.1) is 17.7 Å². The van der Waals surface area contributed by atoms with E-state index in [4.69, 9.17) is 4.74 Å². The fraction of sp³-hybridized carbons (Fsp3) is 0.235. The topological polar surface area (TPSA) is 47.9 Å². The van der Waals surface area contributed by atoms with Gasteiger partial charge in [0, 0.05) is 5.56 Å². The lowest BCUT2D eigenvalue weighted by Crippen LogP contribution is -1.89. The van der Waals surface area contributed by atoms with Crippen LogP contribution in [0.15, 0.2) is 41.4 Å². The van der Waals surface area contributed by atoms with Crippen molar-refractivity contribution in [1.29, 1.82) is 0 Å². The maximum Gasteiger partial charge on any atom is 0.124 e. The van der Waals surface area contributed by atoms with Crippen LogP contribution in [0.2, 0.25) is 0 Å². The lowest BCUT2D eigenvalue weighted by atomic mass is 10.2. The lowest BCUT2D eigenvalue weighted by Gasteiger charge is -2.01. The summed E-state index contributed by atoms with van der Waals surface area (Å²) in [5, 5.41) is 10.5. The van der Waals surface area contributed by atoms with Crippen LogP contribution in [0.1, 0.15) is 12.6 Å². The van der Waals surface area contributed by atoms with Crippen LogP contribution in [0.4, 0.5) is 0 Å². The van der Waals surface area contributed by atoms with E-state index in [9.17, 15) is 0 Å². The number of aromatic nitrogens is 3. The summed E-state index contributed by atoms with van der Waals surface area (Å²) in [5.41, 5.74) is 2.89. The summed E-state index contributed by atoms with van der Waals surface area (Å²) in [6, 6.07) is 12.0. The first kappa shape index (κ1) is 16.0. The first-order valence-corrected chi connectivity index (χ1v) is 9.10. The van der Waals surface area contributed by atoms with Gasteiger partial charge in [0.25, 0.3) is 0 Å². The number of rotatable bonds is 5. The van der Waals surface area contributed by atoms with E-state index in [1.54, 1.807) is 30.2 Å². The Kier molecular flexibility index (Phi) is 4.93. The van der Waals surface area contributed by atoms with E-state index < -0.39 is 0 Å². The highest BCUT2D eigenvalue weighted by Gasteiger charge is 2.13. The average molecular weight is 343 g/mol. The van der Waals surface area contributed by atoms with E-state index in [2.05, 4.69) is 22.1 Å². The molecule has 0 saturated heterocycles. The van der Waals surface area contributed by atoms with Gasteiger partial charge in [-0.15, -0.1) is 33.3 Å². The van der Waals surface area contributed by atoms with Gasteiger partial charge in [-0.2, -0.15) is 0 Å². The molecule has 0 unspecified atom stereocenters.